The van der Waals surface area contributed by atoms with Crippen LogP contribution < -0.4 is 15.4 Å². The Hall–Kier alpha value is -2.23. The highest BCUT2D eigenvalue weighted by Crippen LogP contribution is 2.31. The van der Waals surface area contributed by atoms with Gasteiger partial charge in [-0.25, -0.2) is 0 Å². The smallest absolute Gasteiger partial charge is 0.308 e. The monoisotopic (exact) mass is 541 g/mol. The minimum atomic E-state index is -0.491. The van der Waals surface area contributed by atoms with Crippen LogP contribution in [0.3, 0.4) is 0 Å². The van der Waals surface area contributed by atoms with Gasteiger partial charge in [0.15, 0.2) is 5.96 Å². The molecule has 1 aromatic heterocycles. The van der Waals surface area contributed by atoms with Crippen LogP contribution in [0.1, 0.15) is 51.0 Å². The van der Waals surface area contributed by atoms with E-state index in [1.807, 2.05) is 51.1 Å². The number of hydrogen-bond acceptors (Lipinski definition) is 5. The molecule has 1 aliphatic rings. The number of esters is 1. The highest BCUT2D eigenvalue weighted by atomic mass is 127. The molecule has 0 bridgehead atoms. The van der Waals surface area contributed by atoms with E-state index in [1.54, 1.807) is 6.26 Å². The Balaban J connectivity index is 0.00000341. The van der Waals surface area contributed by atoms with Crippen LogP contribution in [0.5, 0.6) is 5.75 Å². The van der Waals surface area contributed by atoms with Gasteiger partial charge in [-0.3, -0.25) is 9.79 Å². The zero-order chi connectivity index (χ0) is 21.4. The Morgan fingerprint density at radius 1 is 1.23 bits per heavy atom. The lowest BCUT2D eigenvalue weighted by Crippen LogP contribution is -2.42. The molecule has 0 amide bonds. The summed E-state index contributed by atoms with van der Waals surface area (Å²) in [6, 6.07) is 11.9. The van der Waals surface area contributed by atoms with Crippen LogP contribution in [0.15, 0.2) is 52.1 Å². The van der Waals surface area contributed by atoms with Crippen LogP contribution >= 0.6 is 24.0 Å². The fourth-order valence-corrected chi connectivity index (χ4v) is 3.22. The van der Waals surface area contributed by atoms with Crippen LogP contribution in [-0.4, -0.2) is 37.2 Å². The van der Waals surface area contributed by atoms with Gasteiger partial charge in [-0.05, 0) is 39.0 Å². The Kier molecular flexibility index (Phi) is 9.67. The average molecular weight is 541 g/mol. The summed E-state index contributed by atoms with van der Waals surface area (Å²) in [4.78, 5) is 16.6. The topological polar surface area (TPSA) is 85.1 Å². The predicted octanol–water partition coefficient (Wildman–Crippen LogP) is 4.23. The fraction of sp³-hybridized carbons (Fsp3) is 0.478. The number of rotatable bonds is 7. The number of furan rings is 1. The van der Waals surface area contributed by atoms with Crippen molar-refractivity contribution < 1.29 is 18.7 Å². The molecule has 1 unspecified atom stereocenters. The molecule has 1 aromatic carbocycles. The summed E-state index contributed by atoms with van der Waals surface area (Å²) >= 11 is 0. The minimum absolute atomic E-state index is 0. The maximum absolute atomic E-state index is 12.0. The van der Waals surface area contributed by atoms with Crippen LogP contribution in [0.2, 0.25) is 0 Å². The largest absolute Gasteiger partial charge is 0.493 e. The van der Waals surface area contributed by atoms with Crippen LogP contribution in [0.4, 0.5) is 0 Å². The van der Waals surface area contributed by atoms with E-state index in [4.69, 9.17) is 13.9 Å². The normalized spacial score (nSPS) is 15.8. The first-order valence-electron chi connectivity index (χ1n) is 10.4. The van der Waals surface area contributed by atoms with Crippen LogP contribution in [-0.2, 0) is 16.0 Å². The lowest BCUT2D eigenvalue weighted by Gasteiger charge is -2.28. The van der Waals surface area contributed by atoms with E-state index in [2.05, 4.69) is 21.7 Å². The number of carbonyl (C=O) groups excluding carboxylic acids is 1. The van der Waals surface area contributed by atoms with Gasteiger partial charge >= 0.3 is 5.97 Å². The second-order valence-electron chi connectivity index (χ2n) is 8.19. The zero-order valence-electron chi connectivity index (χ0n) is 18.3. The number of para-hydroxylation sites is 1. The lowest BCUT2D eigenvalue weighted by atomic mass is 10.0. The van der Waals surface area contributed by atoms with Crippen molar-refractivity contribution in [2.45, 2.75) is 51.7 Å². The van der Waals surface area contributed by atoms with E-state index in [0.29, 0.717) is 25.7 Å². The molecule has 0 radical (unpaired) electrons. The maximum Gasteiger partial charge on any atom is 0.308 e. The van der Waals surface area contributed by atoms with Gasteiger partial charge in [0.05, 0.1) is 31.9 Å². The number of hydrogen-bond donors (Lipinski definition) is 2. The molecule has 0 aliphatic carbocycles. The second kappa shape index (κ2) is 12.0. The Bertz CT molecular complexity index is 847. The van der Waals surface area contributed by atoms with E-state index < -0.39 is 5.60 Å². The van der Waals surface area contributed by atoms with Gasteiger partial charge < -0.3 is 24.5 Å². The van der Waals surface area contributed by atoms with Crippen molar-refractivity contribution in [3.63, 3.8) is 0 Å². The van der Waals surface area contributed by atoms with Crippen molar-refractivity contribution in [3.05, 3.63) is 54.0 Å². The van der Waals surface area contributed by atoms with Gasteiger partial charge in [0.2, 0.25) is 0 Å². The molecule has 1 atom stereocenters. The summed E-state index contributed by atoms with van der Waals surface area (Å²) < 4.78 is 16.5. The number of halogens is 1. The second-order valence-corrected chi connectivity index (χ2v) is 8.19. The minimum Gasteiger partial charge on any atom is -0.493 e. The molecular weight excluding hydrogens is 509 g/mol. The zero-order valence-corrected chi connectivity index (χ0v) is 20.7. The molecule has 3 rings (SSSR count). The summed E-state index contributed by atoms with van der Waals surface area (Å²) in [6.07, 6.45) is 3.47. The lowest BCUT2D eigenvalue weighted by molar-refractivity contribution is -0.154. The van der Waals surface area contributed by atoms with Crippen LogP contribution in [0, 0.1) is 0 Å². The van der Waals surface area contributed by atoms with E-state index in [9.17, 15) is 4.79 Å². The van der Waals surface area contributed by atoms with E-state index >= 15 is 0 Å². The molecule has 2 aromatic rings. The Morgan fingerprint density at radius 3 is 2.77 bits per heavy atom. The van der Waals surface area contributed by atoms with Crippen molar-refractivity contribution in [2.24, 2.45) is 4.99 Å². The highest BCUT2D eigenvalue weighted by molar-refractivity contribution is 14.0. The molecule has 1 aliphatic heterocycles. The number of guanidine groups is 1. The molecule has 2 N–H and O–H groups in total. The van der Waals surface area contributed by atoms with Gasteiger partial charge in [0, 0.05) is 24.9 Å². The number of ether oxygens (including phenoxy) is 2. The van der Waals surface area contributed by atoms with E-state index in [0.717, 1.165) is 29.9 Å². The molecule has 0 fully saturated rings. The molecule has 170 valence electrons. The average Bonchev–Trinajstić information content (AvgIpc) is 3.20. The molecule has 0 saturated heterocycles. The number of fused-ring (bicyclic) bond motifs is 1. The predicted molar refractivity (Wildman–Crippen MR) is 131 cm³/mol. The molecule has 0 spiro atoms. The Labute approximate surface area is 201 Å². The first-order chi connectivity index (χ1) is 14.4. The third-order valence-corrected chi connectivity index (χ3v) is 4.52. The molecule has 31 heavy (non-hydrogen) atoms. The third-order valence-electron chi connectivity index (χ3n) is 4.52. The van der Waals surface area contributed by atoms with Gasteiger partial charge in [0.25, 0.3) is 0 Å². The van der Waals surface area contributed by atoms with Crippen molar-refractivity contribution in [1.82, 2.24) is 10.6 Å². The standard InChI is InChI=1S/C23H31N3O4.HI/c1-23(2,3)30-21(27)11-14-25-22(24-13-10-17-7-6-15-28-17)26-19-12-16-29-20-9-5-4-8-18(19)20;/h4-9,15,19H,10-14,16H2,1-3H3,(H2,24,25,26);1H. The molecular formula is C23H32IN3O4. The van der Waals surface area contributed by atoms with Gasteiger partial charge in [-0.15, -0.1) is 24.0 Å². The molecule has 2 heterocycles. The summed E-state index contributed by atoms with van der Waals surface area (Å²) in [5.41, 5.74) is 0.617. The van der Waals surface area contributed by atoms with E-state index in [1.165, 1.54) is 0 Å². The molecule has 0 saturated carbocycles. The summed E-state index contributed by atoms with van der Waals surface area (Å²) in [5, 5.41) is 6.83. The van der Waals surface area contributed by atoms with Gasteiger partial charge in [-0.1, -0.05) is 18.2 Å². The quantitative estimate of drug-likeness (QED) is 0.236. The number of nitrogens with zero attached hydrogens (tertiary/aromatic N) is 1. The Morgan fingerprint density at radius 2 is 2.03 bits per heavy atom. The highest BCUT2D eigenvalue weighted by Gasteiger charge is 2.22. The first-order valence-corrected chi connectivity index (χ1v) is 10.4. The summed E-state index contributed by atoms with van der Waals surface area (Å²) in [6.45, 7) is 7.23. The maximum atomic E-state index is 12.0. The van der Waals surface area contributed by atoms with Crippen molar-refractivity contribution >= 4 is 35.9 Å². The first kappa shape index (κ1) is 25.0. The van der Waals surface area contributed by atoms with Crippen molar-refractivity contribution in [2.75, 3.05) is 19.7 Å². The molecule has 7 nitrogen and oxygen atoms in total. The fourth-order valence-electron chi connectivity index (χ4n) is 3.22. The molecule has 8 heteroatoms. The van der Waals surface area contributed by atoms with Gasteiger partial charge in [0.1, 0.15) is 17.1 Å². The van der Waals surface area contributed by atoms with E-state index in [-0.39, 0.29) is 42.4 Å². The number of benzene rings is 1. The van der Waals surface area contributed by atoms with Crippen molar-refractivity contribution in [1.29, 1.82) is 0 Å². The number of nitrogens with one attached hydrogen (secondary N) is 2. The third kappa shape index (κ3) is 8.43. The van der Waals surface area contributed by atoms with Crippen LogP contribution in [0.25, 0.3) is 0 Å². The summed E-state index contributed by atoms with van der Waals surface area (Å²) in [7, 11) is 0. The summed E-state index contributed by atoms with van der Waals surface area (Å²) in [5.74, 6) is 2.21. The number of carbonyl (C=O) groups is 1. The SMILES string of the molecule is CC(C)(C)OC(=O)CCN=C(NCCc1ccco1)NC1CCOc2ccccc21.I. The van der Waals surface area contributed by atoms with Crippen molar-refractivity contribution in [3.8, 4) is 5.75 Å². The number of aliphatic imine (C=N–C) groups is 1. The van der Waals surface area contributed by atoms with Gasteiger partial charge in [-0.2, -0.15) is 0 Å².